The third-order valence-corrected chi connectivity index (χ3v) is 5.07. The number of halogens is 2. The van der Waals surface area contributed by atoms with E-state index < -0.39 is 11.8 Å². The summed E-state index contributed by atoms with van der Waals surface area (Å²) in [6.45, 7) is 0. The van der Waals surface area contributed by atoms with Crippen LogP contribution in [0.4, 0.5) is 15.9 Å². The van der Waals surface area contributed by atoms with Gasteiger partial charge in [0, 0.05) is 29.2 Å². The van der Waals surface area contributed by atoms with Crippen molar-refractivity contribution in [3.8, 4) is 11.4 Å². The molecular weight excluding hydrogens is 383 g/mol. The molecular formula is C20H16ClFN4O2. The van der Waals surface area contributed by atoms with Gasteiger partial charge in [0.25, 0.3) is 0 Å². The van der Waals surface area contributed by atoms with Gasteiger partial charge in [0.05, 0.1) is 11.3 Å². The average molecular weight is 399 g/mol. The molecule has 0 unspecified atom stereocenters. The molecule has 2 aromatic heterocycles. The Balaban J connectivity index is 1.80. The van der Waals surface area contributed by atoms with Crippen LogP contribution in [0.5, 0.6) is 0 Å². The molecule has 0 spiro atoms. The molecule has 0 saturated heterocycles. The van der Waals surface area contributed by atoms with Crippen molar-refractivity contribution in [2.24, 2.45) is 0 Å². The van der Waals surface area contributed by atoms with E-state index >= 15 is 0 Å². The second-order valence-electron chi connectivity index (χ2n) is 6.60. The van der Waals surface area contributed by atoms with E-state index in [2.05, 4.69) is 20.3 Å². The maximum Gasteiger partial charge on any atom is 0.339 e. The Labute approximate surface area is 165 Å². The minimum Gasteiger partial charge on any atom is -0.478 e. The van der Waals surface area contributed by atoms with Crippen LogP contribution in [-0.2, 0) is 0 Å². The molecule has 142 valence electrons. The Morgan fingerprint density at radius 1 is 1.25 bits per heavy atom. The highest BCUT2D eigenvalue weighted by Crippen LogP contribution is 2.40. The Kier molecular flexibility index (Phi) is 4.92. The van der Waals surface area contributed by atoms with Crippen LogP contribution in [0, 0.1) is 5.82 Å². The van der Waals surface area contributed by atoms with Crippen molar-refractivity contribution in [2.45, 2.75) is 25.2 Å². The number of carbonyl (C=O) groups is 1. The molecule has 0 atom stereocenters. The molecule has 2 N–H and O–H groups in total. The molecule has 8 heteroatoms. The summed E-state index contributed by atoms with van der Waals surface area (Å²) in [5.41, 5.74) is 1.45. The zero-order valence-electron chi connectivity index (χ0n) is 14.7. The van der Waals surface area contributed by atoms with Crippen molar-refractivity contribution in [3.05, 3.63) is 64.8 Å². The van der Waals surface area contributed by atoms with Crippen LogP contribution in [0.25, 0.3) is 11.4 Å². The van der Waals surface area contributed by atoms with Gasteiger partial charge < -0.3 is 10.4 Å². The highest BCUT2D eigenvalue weighted by molar-refractivity contribution is 6.30. The van der Waals surface area contributed by atoms with Crippen molar-refractivity contribution in [1.82, 2.24) is 15.0 Å². The fourth-order valence-electron chi connectivity index (χ4n) is 3.11. The molecule has 1 saturated carbocycles. The predicted octanol–water partition coefficient (Wildman–Crippen LogP) is 5.04. The lowest BCUT2D eigenvalue weighted by Gasteiger charge is -2.27. The lowest BCUT2D eigenvalue weighted by molar-refractivity contribution is 0.0697. The van der Waals surface area contributed by atoms with E-state index in [9.17, 15) is 14.3 Å². The van der Waals surface area contributed by atoms with E-state index in [0.717, 1.165) is 24.8 Å². The molecule has 28 heavy (non-hydrogen) atoms. The zero-order valence-corrected chi connectivity index (χ0v) is 15.4. The van der Waals surface area contributed by atoms with E-state index in [1.54, 1.807) is 12.3 Å². The standard InChI is InChI=1S/C20H16ClFN4O2/c21-12-4-5-16(22)13(8-12)18-24-10-14(11-2-1-3-11)19(26-18)25-17-6-7-23-9-15(17)20(27)28/h4-11H,1-3H2,(H,27,28)(H,23,24,25,26). The summed E-state index contributed by atoms with van der Waals surface area (Å²) >= 11 is 6.00. The number of anilines is 2. The number of rotatable bonds is 5. The number of carboxylic acids is 1. The molecule has 1 aliphatic rings. The first kappa shape index (κ1) is 18.3. The van der Waals surface area contributed by atoms with Crippen molar-refractivity contribution in [3.63, 3.8) is 0 Å². The SMILES string of the molecule is O=C(O)c1cnccc1Nc1nc(-c2cc(Cl)ccc2F)ncc1C1CCC1. The maximum absolute atomic E-state index is 14.3. The largest absolute Gasteiger partial charge is 0.478 e. The van der Waals surface area contributed by atoms with Gasteiger partial charge in [-0.15, -0.1) is 0 Å². The highest BCUT2D eigenvalue weighted by atomic mass is 35.5. The van der Waals surface area contributed by atoms with Gasteiger partial charge in [-0.1, -0.05) is 18.0 Å². The van der Waals surface area contributed by atoms with Gasteiger partial charge in [-0.3, -0.25) is 4.98 Å². The van der Waals surface area contributed by atoms with Gasteiger partial charge in [-0.2, -0.15) is 0 Å². The first-order valence-electron chi connectivity index (χ1n) is 8.79. The highest BCUT2D eigenvalue weighted by Gasteiger charge is 2.25. The number of aromatic nitrogens is 3. The maximum atomic E-state index is 14.3. The van der Waals surface area contributed by atoms with Crippen LogP contribution in [0.15, 0.2) is 42.9 Å². The Bertz CT molecular complexity index is 1060. The fraction of sp³-hybridized carbons (Fsp3) is 0.200. The van der Waals surface area contributed by atoms with Crippen molar-refractivity contribution >= 4 is 29.1 Å². The van der Waals surface area contributed by atoms with Gasteiger partial charge in [-0.05, 0) is 43.0 Å². The molecule has 6 nitrogen and oxygen atoms in total. The van der Waals surface area contributed by atoms with E-state index in [4.69, 9.17) is 11.6 Å². The summed E-state index contributed by atoms with van der Waals surface area (Å²) in [4.78, 5) is 24.2. The average Bonchev–Trinajstić information content (AvgIpc) is 2.64. The lowest BCUT2D eigenvalue weighted by atomic mass is 9.80. The Hall–Kier alpha value is -3.06. The van der Waals surface area contributed by atoms with Gasteiger partial charge in [0.15, 0.2) is 5.82 Å². The summed E-state index contributed by atoms with van der Waals surface area (Å²) in [5, 5.41) is 12.9. The lowest BCUT2D eigenvalue weighted by Crippen LogP contribution is -2.14. The summed E-state index contributed by atoms with van der Waals surface area (Å²) < 4.78 is 14.3. The van der Waals surface area contributed by atoms with Crippen molar-refractivity contribution < 1.29 is 14.3 Å². The molecule has 0 amide bonds. The number of pyridine rings is 1. The van der Waals surface area contributed by atoms with Crippen LogP contribution >= 0.6 is 11.6 Å². The third-order valence-electron chi connectivity index (χ3n) is 4.84. The van der Waals surface area contributed by atoms with Crippen LogP contribution in [0.2, 0.25) is 5.02 Å². The second-order valence-corrected chi connectivity index (χ2v) is 7.04. The minimum atomic E-state index is -1.10. The molecule has 1 aliphatic carbocycles. The summed E-state index contributed by atoms with van der Waals surface area (Å²) in [6, 6.07) is 5.75. The molecule has 0 bridgehead atoms. The Morgan fingerprint density at radius 2 is 2.07 bits per heavy atom. The summed E-state index contributed by atoms with van der Waals surface area (Å²) in [5.74, 6) is -0.659. The van der Waals surface area contributed by atoms with Crippen LogP contribution in [0.1, 0.15) is 41.1 Å². The molecule has 2 heterocycles. The third kappa shape index (κ3) is 3.53. The topological polar surface area (TPSA) is 88.0 Å². The van der Waals surface area contributed by atoms with Crippen LogP contribution < -0.4 is 5.32 Å². The predicted molar refractivity (Wildman–Crippen MR) is 104 cm³/mol. The first-order valence-corrected chi connectivity index (χ1v) is 9.17. The van der Waals surface area contributed by atoms with Gasteiger partial charge in [0.2, 0.25) is 0 Å². The summed E-state index contributed by atoms with van der Waals surface area (Å²) in [7, 11) is 0. The monoisotopic (exact) mass is 398 g/mol. The minimum absolute atomic E-state index is 0.0242. The molecule has 4 rings (SSSR count). The van der Waals surface area contributed by atoms with Gasteiger partial charge >= 0.3 is 5.97 Å². The number of nitrogens with one attached hydrogen (secondary N) is 1. The number of hydrogen-bond donors (Lipinski definition) is 2. The smallest absolute Gasteiger partial charge is 0.339 e. The fourth-order valence-corrected chi connectivity index (χ4v) is 3.28. The number of carboxylic acid groups (broad SMARTS) is 1. The summed E-state index contributed by atoms with van der Waals surface area (Å²) in [6.07, 6.45) is 7.57. The zero-order chi connectivity index (χ0) is 19.7. The van der Waals surface area contributed by atoms with Gasteiger partial charge in [-0.25, -0.2) is 19.2 Å². The number of aromatic carboxylic acids is 1. The molecule has 1 fully saturated rings. The van der Waals surface area contributed by atoms with E-state index in [-0.39, 0.29) is 22.9 Å². The molecule has 3 aromatic rings. The van der Waals surface area contributed by atoms with Crippen molar-refractivity contribution in [2.75, 3.05) is 5.32 Å². The number of nitrogens with zero attached hydrogens (tertiary/aromatic N) is 3. The second kappa shape index (κ2) is 7.52. The van der Waals surface area contributed by atoms with Crippen LogP contribution in [0.3, 0.4) is 0 Å². The molecule has 0 radical (unpaired) electrons. The Morgan fingerprint density at radius 3 is 2.79 bits per heavy atom. The number of benzene rings is 1. The first-order chi connectivity index (χ1) is 13.5. The van der Waals surface area contributed by atoms with Gasteiger partial charge in [0.1, 0.15) is 17.2 Å². The van der Waals surface area contributed by atoms with Crippen LogP contribution in [-0.4, -0.2) is 26.0 Å². The normalized spacial score (nSPS) is 13.8. The van der Waals surface area contributed by atoms with E-state index in [0.29, 0.717) is 16.5 Å². The van der Waals surface area contributed by atoms with Crippen molar-refractivity contribution in [1.29, 1.82) is 0 Å². The van der Waals surface area contributed by atoms with E-state index in [1.807, 2.05) is 0 Å². The van der Waals surface area contributed by atoms with E-state index in [1.165, 1.54) is 30.6 Å². The quantitative estimate of drug-likeness (QED) is 0.626. The molecule has 1 aromatic carbocycles. The molecule has 0 aliphatic heterocycles. The number of hydrogen-bond acceptors (Lipinski definition) is 5.